The molecular formula is C25H27N3O3S. The van der Waals surface area contributed by atoms with Gasteiger partial charge in [0.1, 0.15) is 5.01 Å². The van der Waals surface area contributed by atoms with Crippen molar-refractivity contribution in [3.05, 3.63) is 64.6 Å². The molecule has 1 unspecified atom stereocenters. The highest BCUT2D eigenvalue weighted by Gasteiger charge is 2.56. The second-order valence-electron chi connectivity index (χ2n) is 8.75. The van der Waals surface area contributed by atoms with Crippen molar-refractivity contribution in [2.24, 2.45) is 5.92 Å². The van der Waals surface area contributed by atoms with Crippen molar-refractivity contribution < 1.29 is 14.3 Å². The van der Waals surface area contributed by atoms with Gasteiger partial charge >= 0.3 is 5.97 Å². The molecule has 3 heterocycles. The fraction of sp³-hybridized carbons (Fsp3) is 0.400. The van der Waals surface area contributed by atoms with E-state index in [2.05, 4.69) is 40.2 Å². The average Bonchev–Trinajstić information content (AvgIpc) is 3.42. The Morgan fingerprint density at radius 3 is 2.66 bits per heavy atom. The SMILES string of the molecule is COC(=O)C1CC(=O)N(Cc2ccc3ccccc3c2)C12CCN(Cc1nccs1)CC2. The van der Waals surface area contributed by atoms with Crippen molar-refractivity contribution in [1.29, 1.82) is 0 Å². The third-order valence-corrected chi connectivity index (χ3v) is 7.83. The molecule has 6 nitrogen and oxygen atoms in total. The van der Waals surface area contributed by atoms with E-state index < -0.39 is 11.5 Å². The number of rotatable bonds is 5. The van der Waals surface area contributed by atoms with Crippen LogP contribution < -0.4 is 0 Å². The second kappa shape index (κ2) is 8.64. The summed E-state index contributed by atoms with van der Waals surface area (Å²) in [6.45, 7) is 2.99. The summed E-state index contributed by atoms with van der Waals surface area (Å²) in [5.74, 6) is -0.642. The average molecular weight is 450 g/mol. The molecule has 1 spiro atoms. The third kappa shape index (κ3) is 3.80. The zero-order valence-electron chi connectivity index (χ0n) is 18.2. The first kappa shape index (κ1) is 21.1. The number of nitrogens with zero attached hydrogens (tertiary/aromatic N) is 3. The van der Waals surface area contributed by atoms with Crippen LogP contribution in [-0.4, -0.2) is 52.4 Å². The highest BCUT2D eigenvalue weighted by Crippen LogP contribution is 2.45. The van der Waals surface area contributed by atoms with Gasteiger partial charge in [-0.15, -0.1) is 11.3 Å². The molecule has 1 aromatic heterocycles. The Bertz CT molecular complexity index is 1120. The maximum Gasteiger partial charge on any atom is 0.311 e. The standard InChI is InChI=1S/C25H27N3O3S/c1-31-24(30)21-15-23(29)28(16-18-6-7-19-4-2-3-5-20(19)14-18)25(21)8-11-27(12-9-25)17-22-26-10-13-32-22/h2-7,10,13-14,21H,8-9,11-12,15-17H2,1H3. The monoisotopic (exact) mass is 449 g/mol. The van der Waals surface area contributed by atoms with E-state index in [0.717, 1.165) is 48.4 Å². The molecule has 0 N–H and O–H groups in total. The van der Waals surface area contributed by atoms with Gasteiger partial charge in [-0.3, -0.25) is 14.5 Å². The Morgan fingerprint density at radius 2 is 1.94 bits per heavy atom. The number of benzene rings is 2. The highest BCUT2D eigenvalue weighted by atomic mass is 32.1. The molecule has 3 aromatic rings. The van der Waals surface area contributed by atoms with Crippen LogP contribution in [0.5, 0.6) is 0 Å². The lowest BCUT2D eigenvalue weighted by atomic mass is 9.76. The first-order valence-electron chi connectivity index (χ1n) is 11.1. The van der Waals surface area contributed by atoms with Gasteiger partial charge in [0, 0.05) is 37.6 Å². The van der Waals surface area contributed by atoms with E-state index in [4.69, 9.17) is 4.74 Å². The summed E-state index contributed by atoms with van der Waals surface area (Å²) in [5, 5.41) is 5.44. The van der Waals surface area contributed by atoms with Crippen LogP contribution in [0.4, 0.5) is 0 Å². The topological polar surface area (TPSA) is 62.7 Å². The largest absolute Gasteiger partial charge is 0.469 e. The molecule has 166 valence electrons. The number of methoxy groups -OCH3 is 1. The number of thiazole rings is 1. The summed E-state index contributed by atoms with van der Waals surface area (Å²) in [7, 11) is 1.42. The zero-order valence-corrected chi connectivity index (χ0v) is 19.0. The predicted molar refractivity (Wildman–Crippen MR) is 124 cm³/mol. The van der Waals surface area contributed by atoms with Gasteiger partial charge in [-0.1, -0.05) is 36.4 Å². The molecule has 5 rings (SSSR count). The lowest BCUT2D eigenvalue weighted by molar-refractivity contribution is -0.150. The second-order valence-corrected chi connectivity index (χ2v) is 9.73. The Balaban J connectivity index is 1.41. The fourth-order valence-corrected chi connectivity index (χ4v) is 6.02. The summed E-state index contributed by atoms with van der Waals surface area (Å²) >= 11 is 1.66. The maximum absolute atomic E-state index is 13.2. The number of ether oxygens (including phenoxy) is 1. The summed E-state index contributed by atoms with van der Waals surface area (Å²) < 4.78 is 5.14. The maximum atomic E-state index is 13.2. The number of amides is 1. The number of aromatic nitrogens is 1. The van der Waals surface area contributed by atoms with Crippen molar-refractivity contribution >= 4 is 34.0 Å². The van der Waals surface area contributed by atoms with Crippen molar-refractivity contribution in [1.82, 2.24) is 14.8 Å². The molecule has 7 heteroatoms. The lowest BCUT2D eigenvalue weighted by Gasteiger charge is -2.47. The summed E-state index contributed by atoms with van der Waals surface area (Å²) in [6.07, 6.45) is 3.58. The van der Waals surface area contributed by atoms with Crippen LogP contribution in [0.1, 0.15) is 29.8 Å². The normalized spacial score (nSPS) is 20.8. The molecule has 1 amide bonds. The van der Waals surface area contributed by atoms with Crippen molar-refractivity contribution in [3.8, 4) is 0 Å². The minimum absolute atomic E-state index is 0.0435. The molecule has 2 aromatic carbocycles. The molecule has 0 radical (unpaired) electrons. The molecule has 0 saturated carbocycles. The van der Waals surface area contributed by atoms with E-state index in [1.165, 1.54) is 12.5 Å². The molecule has 2 aliphatic heterocycles. The minimum atomic E-state index is -0.491. The van der Waals surface area contributed by atoms with Crippen LogP contribution in [0, 0.1) is 5.92 Å². The number of carbonyl (C=O) groups is 2. The number of piperidine rings is 1. The molecule has 0 aliphatic carbocycles. The van der Waals surface area contributed by atoms with E-state index >= 15 is 0 Å². The van der Waals surface area contributed by atoms with Gasteiger partial charge in [0.05, 0.1) is 25.1 Å². The molecule has 1 atom stereocenters. The number of fused-ring (bicyclic) bond motifs is 1. The van der Waals surface area contributed by atoms with Crippen LogP contribution in [0.3, 0.4) is 0 Å². The summed E-state index contributed by atoms with van der Waals surface area (Å²) in [4.78, 5) is 34.6. The Labute approximate surface area is 191 Å². The van der Waals surface area contributed by atoms with Gasteiger partial charge in [0.2, 0.25) is 5.91 Å². The van der Waals surface area contributed by atoms with Gasteiger partial charge in [0.25, 0.3) is 0 Å². The predicted octanol–water partition coefficient (Wildman–Crippen LogP) is 3.85. The Kier molecular flexibility index (Phi) is 5.69. The Morgan fingerprint density at radius 1 is 1.16 bits per heavy atom. The lowest BCUT2D eigenvalue weighted by Crippen LogP contribution is -2.57. The van der Waals surface area contributed by atoms with E-state index in [9.17, 15) is 9.59 Å². The van der Waals surface area contributed by atoms with Crippen LogP contribution in [0.2, 0.25) is 0 Å². The molecule has 32 heavy (non-hydrogen) atoms. The number of hydrogen-bond acceptors (Lipinski definition) is 6. The number of carbonyl (C=O) groups excluding carboxylic acids is 2. The van der Waals surface area contributed by atoms with Gasteiger partial charge < -0.3 is 9.64 Å². The van der Waals surface area contributed by atoms with Crippen LogP contribution in [-0.2, 0) is 27.4 Å². The highest BCUT2D eigenvalue weighted by molar-refractivity contribution is 7.09. The van der Waals surface area contributed by atoms with Gasteiger partial charge in [-0.25, -0.2) is 4.98 Å². The minimum Gasteiger partial charge on any atom is -0.469 e. The van der Waals surface area contributed by atoms with Crippen LogP contribution in [0.15, 0.2) is 54.0 Å². The number of likely N-dealkylation sites (tertiary alicyclic amines) is 2. The van der Waals surface area contributed by atoms with Crippen molar-refractivity contribution in [2.75, 3.05) is 20.2 Å². The van der Waals surface area contributed by atoms with Crippen molar-refractivity contribution in [3.63, 3.8) is 0 Å². The van der Waals surface area contributed by atoms with E-state index in [0.29, 0.717) is 6.54 Å². The van der Waals surface area contributed by atoms with Crippen LogP contribution in [0.25, 0.3) is 10.8 Å². The summed E-state index contributed by atoms with van der Waals surface area (Å²) in [5.41, 5.74) is 0.599. The molecule has 2 saturated heterocycles. The van der Waals surface area contributed by atoms with E-state index in [1.807, 2.05) is 28.6 Å². The smallest absolute Gasteiger partial charge is 0.311 e. The molecular weight excluding hydrogens is 422 g/mol. The Hall–Kier alpha value is -2.77. The van der Waals surface area contributed by atoms with Crippen molar-refractivity contribution in [2.45, 2.75) is 37.9 Å². The van der Waals surface area contributed by atoms with E-state index in [-0.39, 0.29) is 18.3 Å². The van der Waals surface area contributed by atoms with E-state index in [1.54, 1.807) is 11.3 Å². The first-order valence-corrected chi connectivity index (χ1v) is 11.9. The quantitative estimate of drug-likeness (QED) is 0.554. The first-order chi connectivity index (χ1) is 15.6. The van der Waals surface area contributed by atoms with Gasteiger partial charge in [-0.05, 0) is 35.2 Å². The number of hydrogen-bond donors (Lipinski definition) is 0. The number of esters is 1. The van der Waals surface area contributed by atoms with Crippen LogP contribution >= 0.6 is 11.3 Å². The third-order valence-electron chi connectivity index (χ3n) is 7.07. The molecule has 2 aliphatic rings. The van der Waals surface area contributed by atoms with Gasteiger partial charge in [-0.2, -0.15) is 0 Å². The fourth-order valence-electron chi connectivity index (χ4n) is 5.36. The zero-order chi connectivity index (χ0) is 22.1. The molecule has 2 fully saturated rings. The van der Waals surface area contributed by atoms with Gasteiger partial charge in [0.15, 0.2) is 0 Å². The molecule has 0 bridgehead atoms. The summed E-state index contributed by atoms with van der Waals surface area (Å²) in [6, 6.07) is 14.6.